The van der Waals surface area contributed by atoms with Crippen LogP contribution >= 0.6 is 0 Å². The fraction of sp³-hybridized carbons (Fsp3) is 0.500. The van der Waals surface area contributed by atoms with Crippen LogP contribution in [0.2, 0.25) is 0 Å². The van der Waals surface area contributed by atoms with E-state index in [-0.39, 0.29) is 18.9 Å². The molecule has 0 bridgehead atoms. The lowest BCUT2D eigenvalue weighted by Crippen LogP contribution is -2.59. The van der Waals surface area contributed by atoms with Crippen LogP contribution in [0.1, 0.15) is 37.3 Å². The van der Waals surface area contributed by atoms with Gasteiger partial charge in [0.25, 0.3) is 0 Å². The van der Waals surface area contributed by atoms with Crippen LogP contribution in [-0.2, 0) is 11.2 Å². The molecular weight excluding hydrogens is 317 g/mol. The van der Waals surface area contributed by atoms with Crippen molar-refractivity contribution >= 4 is 12.0 Å². The third-order valence-corrected chi connectivity index (χ3v) is 4.90. The van der Waals surface area contributed by atoms with E-state index in [0.29, 0.717) is 19.3 Å². The van der Waals surface area contributed by atoms with Crippen molar-refractivity contribution in [1.82, 2.24) is 10.4 Å². The Morgan fingerprint density at radius 1 is 1.33 bits per heavy atom. The number of carbonyl (C=O) groups excluding carboxylic acids is 1. The second kappa shape index (κ2) is 6.24. The quantitative estimate of drug-likeness (QED) is 0.908. The minimum Gasteiger partial charge on any atom is -0.288 e. The maximum absolute atomic E-state index is 14.0. The number of nitrogens with zero attached hydrogens (tertiary/aromatic N) is 1. The molecule has 6 heteroatoms. The predicted molar refractivity (Wildman–Crippen MR) is 85.8 cm³/mol. The molecule has 1 aliphatic heterocycles. The highest BCUT2D eigenvalue weighted by atomic mass is 19.4. The first kappa shape index (κ1) is 17.0. The van der Waals surface area contributed by atoms with Gasteiger partial charge in [-0.2, -0.15) is 13.2 Å². The standard InChI is InChI=1S/C18H21F3N2O/c1-2-9-17(10-7-13-5-3-4-6-14(13)12-17)16(18(19,20)21)23-11-8-15(24)22-23/h3-7,10,16H,2,8-9,11-12H2,1H3,(H,22,24)/t16-,17?/m0/s1. The summed E-state index contributed by atoms with van der Waals surface area (Å²) in [6, 6.07) is 5.83. The highest BCUT2D eigenvalue weighted by molar-refractivity contribution is 5.77. The number of halogens is 3. The molecule has 1 fully saturated rings. The second-order valence-corrected chi connectivity index (χ2v) is 6.61. The smallest absolute Gasteiger partial charge is 0.288 e. The average molecular weight is 338 g/mol. The van der Waals surface area contributed by atoms with Crippen molar-refractivity contribution < 1.29 is 18.0 Å². The van der Waals surface area contributed by atoms with E-state index in [4.69, 9.17) is 0 Å². The van der Waals surface area contributed by atoms with Gasteiger partial charge < -0.3 is 0 Å². The number of carbonyl (C=O) groups is 1. The maximum atomic E-state index is 14.0. The molecule has 3 nitrogen and oxygen atoms in total. The molecule has 1 saturated heterocycles. The third kappa shape index (κ3) is 3.07. The molecule has 1 aromatic carbocycles. The molecule has 1 aliphatic carbocycles. The fourth-order valence-corrected chi connectivity index (χ4v) is 3.99. The lowest BCUT2D eigenvalue weighted by atomic mass is 9.68. The molecule has 2 atom stereocenters. The van der Waals surface area contributed by atoms with Gasteiger partial charge in [-0.3, -0.25) is 10.2 Å². The molecule has 3 rings (SSSR count). The Hall–Kier alpha value is -1.82. The minimum atomic E-state index is -4.43. The van der Waals surface area contributed by atoms with Gasteiger partial charge in [-0.25, -0.2) is 5.01 Å². The van der Waals surface area contributed by atoms with E-state index in [9.17, 15) is 18.0 Å². The molecule has 0 spiro atoms. The van der Waals surface area contributed by atoms with Crippen molar-refractivity contribution in [3.63, 3.8) is 0 Å². The fourth-order valence-electron chi connectivity index (χ4n) is 3.99. The van der Waals surface area contributed by atoms with E-state index in [1.807, 2.05) is 31.2 Å². The molecule has 0 radical (unpaired) electrons. The SMILES string of the molecule is CCCC1([C@H](N2CCC(=O)N2)C(F)(F)F)C=Cc2ccccc2C1. The summed E-state index contributed by atoms with van der Waals surface area (Å²) in [5, 5.41) is 1.09. The summed E-state index contributed by atoms with van der Waals surface area (Å²) < 4.78 is 42.0. The van der Waals surface area contributed by atoms with Gasteiger partial charge in [0, 0.05) is 18.4 Å². The zero-order valence-corrected chi connectivity index (χ0v) is 13.6. The number of hydrazine groups is 1. The number of alkyl halides is 3. The Morgan fingerprint density at radius 3 is 2.71 bits per heavy atom. The lowest BCUT2D eigenvalue weighted by Gasteiger charge is -2.45. The molecular formula is C18H21F3N2O. The van der Waals surface area contributed by atoms with Crippen LogP contribution in [0.4, 0.5) is 13.2 Å². The number of amides is 1. The molecule has 1 aromatic rings. The monoisotopic (exact) mass is 338 g/mol. The number of hydrogen-bond acceptors (Lipinski definition) is 2. The van der Waals surface area contributed by atoms with Gasteiger partial charge in [0.1, 0.15) is 6.04 Å². The van der Waals surface area contributed by atoms with Gasteiger partial charge in [-0.1, -0.05) is 49.8 Å². The molecule has 130 valence electrons. The summed E-state index contributed by atoms with van der Waals surface area (Å²) in [6.07, 6.45) is 0.560. The first-order valence-corrected chi connectivity index (χ1v) is 8.26. The second-order valence-electron chi connectivity index (χ2n) is 6.61. The Kier molecular flexibility index (Phi) is 4.42. The van der Waals surface area contributed by atoms with E-state index in [1.54, 1.807) is 12.2 Å². The highest BCUT2D eigenvalue weighted by Crippen LogP contribution is 2.47. The van der Waals surface area contributed by atoms with Gasteiger partial charge >= 0.3 is 6.18 Å². The van der Waals surface area contributed by atoms with Gasteiger partial charge in [0.2, 0.25) is 5.91 Å². The van der Waals surface area contributed by atoms with Gasteiger partial charge in [-0.15, -0.1) is 0 Å². The Balaban J connectivity index is 2.03. The number of benzene rings is 1. The normalized spacial score (nSPS) is 25.4. The van der Waals surface area contributed by atoms with Crippen molar-refractivity contribution in [2.45, 2.75) is 44.8 Å². The first-order valence-electron chi connectivity index (χ1n) is 8.26. The molecule has 1 amide bonds. The number of hydrogen-bond donors (Lipinski definition) is 1. The van der Waals surface area contributed by atoms with Crippen molar-refractivity contribution in [1.29, 1.82) is 0 Å². The van der Waals surface area contributed by atoms with Gasteiger partial charge in [0.05, 0.1) is 0 Å². The summed E-state index contributed by atoms with van der Waals surface area (Å²) in [4.78, 5) is 11.5. The Bertz CT molecular complexity index is 656. The molecule has 0 aromatic heterocycles. The minimum absolute atomic E-state index is 0.0873. The zero-order chi connectivity index (χ0) is 17.4. The topological polar surface area (TPSA) is 32.3 Å². The highest BCUT2D eigenvalue weighted by Gasteiger charge is 2.56. The van der Waals surface area contributed by atoms with E-state index < -0.39 is 17.6 Å². The van der Waals surface area contributed by atoms with Gasteiger partial charge in [-0.05, 0) is 24.0 Å². The molecule has 2 aliphatic rings. The summed E-state index contributed by atoms with van der Waals surface area (Å²) in [6.45, 7) is 1.98. The third-order valence-electron chi connectivity index (χ3n) is 4.90. The number of rotatable bonds is 4. The average Bonchev–Trinajstić information content (AvgIpc) is 2.92. The van der Waals surface area contributed by atoms with E-state index in [1.165, 1.54) is 0 Å². The predicted octanol–water partition coefficient (Wildman–Crippen LogP) is 3.71. The Labute approximate surface area is 139 Å². The van der Waals surface area contributed by atoms with Crippen LogP contribution in [-0.4, -0.2) is 29.7 Å². The maximum Gasteiger partial charge on any atom is 0.406 e. The summed E-state index contributed by atoms with van der Waals surface area (Å²) in [7, 11) is 0. The summed E-state index contributed by atoms with van der Waals surface area (Å²) in [5.74, 6) is -0.351. The van der Waals surface area contributed by atoms with Crippen molar-refractivity contribution in [2.75, 3.05) is 6.54 Å². The van der Waals surface area contributed by atoms with Crippen LogP contribution in [0, 0.1) is 5.41 Å². The molecule has 1 unspecified atom stereocenters. The molecule has 1 heterocycles. The van der Waals surface area contributed by atoms with Crippen molar-refractivity contribution in [3.05, 3.63) is 41.5 Å². The van der Waals surface area contributed by atoms with Crippen LogP contribution in [0.25, 0.3) is 6.08 Å². The zero-order valence-electron chi connectivity index (χ0n) is 13.6. The summed E-state index contributed by atoms with van der Waals surface area (Å²) in [5.41, 5.74) is 3.23. The molecule has 24 heavy (non-hydrogen) atoms. The van der Waals surface area contributed by atoms with E-state index in [0.717, 1.165) is 16.1 Å². The van der Waals surface area contributed by atoms with Crippen LogP contribution in [0.3, 0.4) is 0 Å². The van der Waals surface area contributed by atoms with Gasteiger partial charge in [0.15, 0.2) is 0 Å². The number of nitrogens with one attached hydrogen (secondary N) is 1. The van der Waals surface area contributed by atoms with Crippen LogP contribution in [0.15, 0.2) is 30.3 Å². The van der Waals surface area contributed by atoms with Crippen LogP contribution < -0.4 is 5.43 Å². The lowest BCUT2D eigenvalue weighted by molar-refractivity contribution is -0.214. The number of fused-ring (bicyclic) bond motifs is 1. The van der Waals surface area contributed by atoms with Crippen molar-refractivity contribution in [2.24, 2.45) is 5.41 Å². The largest absolute Gasteiger partial charge is 0.406 e. The van der Waals surface area contributed by atoms with E-state index >= 15 is 0 Å². The molecule has 1 N–H and O–H groups in total. The molecule has 0 saturated carbocycles. The summed E-state index contributed by atoms with van der Waals surface area (Å²) >= 11 is 0. The van der Waals surface area contributed by atoms with E-state index in [2.05, 4.69) is 5.43 Å². The van der Waals surface area contributed by atoms with Crippen LogP contribution in [0.5, 0.6) is 0 Å². The van der Waals surface area contributed by atoms with Crippen molar-refractivity contribution in [3.8, 4) is 0 Å². The Morgan fingerprint density at radius 2 is 2.08 bits per heavy atom. The first-order chi connectivity index (χ1) is 11.4.